The molecular weight excluding hydrogens is 298 g/mol. The molecule has 0 unspecified atom stereocenters. The zero-order valence-corrected chi connectivity index (χ0v) is 15.3. The van der Waals surface area contributed by atoms with E-state index in [-0.39, 0.29) is 18.6 Å². The maximum Gasteiger partial charge on any atom is 0.258 e. The molecule has 3 nitrogen and oxygen atoms in total. The minimum Gasteiger partial charge on any atom is -0.484 e. The van der Waals surface area contributed by atoms with Crippen molar-refractivity contribution < 1.29 is 9.53 Å². The van der Waals surface area contributed by atoms with E-state index in [1.54, 1.807) is 0 Å². The topological polar surface area (TPSA) is 38.3 Å². The Balaban J connectivity index is 1.99. The molecule has 128 valence electrons. The summed E-state index contributed by atoms with van der Waals surface area (Å²) in [4.78, 5) is 12.3. The van der Waals surface area contributed by atoms with E-state index in [0.29, 0.717) is 0 Å². The maximum atomic E-state index is 12.3. The largest absolute Gasteiger partial charge is 0.484 e. The Morgan fingerprint density at radius 2 is 1.67 bits per heavy atom. The third-order valence-corrected chi connectivity index (χ3v) is 4.11. The van der Waals surface area contributed by atoms with Gasteiger partial charge in [0.1, 0.15) is 5.75 Å². The number of hydrogen-bond donors (Lipinski definition) is 1. The fraction of sp³-hybridized carbons (Fsp3) is 0.381. The van der Waals surface area contributed by atoms with Crippen molar-refractivity contribution in [3.8, 4) is 5.75 Å². The minimum absolute atomic E-state index is 0.0148. The molecule has 0 aliphatic carbocycles. The molecule has 2 rings (SSSR count). The number of rotatable bonds is 6. The van der Waals surface area contributed by atoms with E-state index in [9.17, 15) is 4.79 Å². The zero-order chi connectivity index (χ0) is 17.7. The van der Waals surface area contributed by atoms with Gasteiger partial charge < -0.3 is 10.1 Å². The lowest BCUT2D eigenvalue weighted by atomic mass is 9.97. The van der Waals surface area contributed by atoms with Gasteiger partial charge in [0, 0.05) is 0 Å². The van der Waals surface area contributed by atoms with Gasteiger partial charge in [-0.3, -0.25) is 4.79 Å². The molecule has 0 aliphatic heterocycles. The highest BCUT2D eigenvalue weighted by molar-refractivity contribution is 5.78. The number of carbonyl (C=O) groups excluding carboxylic acids is 1. The van der Waals surface area contributed by atoms with Crippen LogP contribution in [0.15, 0.2) is 36.4 Å². The van der Waals surface area contributed by atoms with Gasteiger partial charge in [-0.2, -0.15) is 0 Å². The van der Waals surface area contributed by atoms with Crippen molar-refractivity contribution in [1.29, 1.82) is 0 Å². The Kier molecular flexibility index (Phi) is 6.02. The number of ether oxygens (including phenoxy) is 1. The summed E-state index contributed by atoms with van der Waals surface area (Å²) in [5.74, 6) is 0.642. The highest BCUT2D eigenvalue weighted by Gasteiger charge is 2.15. The fourth-order valence-corrected chi connectivity index (χ4v) is 3.02. The number of hydrogen-bond acceptors (Lipinski definition) is 2. The summed E-state index contributed by atoms with van der Waals surface area (Å²) < 4.78 is 5.65. The first kappa shape index (κ1) is 18.1. The van der Waals surface area contributed by atoms with E-state index >= 15 is 0 Å². The SMILES string of the molecule is CC[C@H](NC(=O)COc1cc(C)cc(C)c1)c1ccc(C)cc1C. The van der Waals surface area contributed by atoms with E-state index in [4.69, 9.17) is 4.74 Å². The summed E-state index contributed by atoms with van der Waals surface area (Å²) in [6.07, 6.45) is 0.846. The van der Waals surface area contributed by atoms with Gasteiger partial charge in [0.2, 0.25) is 0 Å². The lowest BCUT2D eigenvalue weighted by Gasteiger charge is -2.20. The van der Waals surface area contributed by atoms with E-state index in [0.717, 1.165) is 23.3 Å². The second-order valence-electron chi connectivity index (χ2n) is 6.50. The van der Waals surface area contributed by atoms with E-state index in [2.05, 4.69) is 50.4 Å². The normalized spacial score (nSPS) is 11.9. The number of amides is 1. The molecular formula is C21H27NO2. The van der Waals surface area contributed by atoms with Crippen molar-refractivity contribution in [3.05, 3.63) is 64.2 Å². The van der Waals surface area contributed by atoms with Gasteiger partial charge in [0.05, 0.1) is 6.04 Å². The molecule has 1 N–H and O–H groups in total. The lowest BCUT2D eigenvalue weighted by Crippen LogP contribution is -2.32. The van der Waals surface area contributed by atoms with Crippen LogP contribution in [0.4, 0.5) is 0 Å². The van der Waals surface area contributed by atoms with Crippen molar-refractivity contribution in [1.82, 2.24) is 5.32 Å². The first-order valence-electron chi connectivity index (χ1n) is 8.46. The summed E-state index contributed by atoms with van der Waals surface area (Å²) in [5.41, 5.74) is 5.87. The van der Waals surface area contributed by atoms with Crippen LogP contribution in [0.1, 0.15) is 47.2 Å². The molecule has 0 aromatic heterocycles. The third kappa shape index (κ3) is 4.85. The van der Waals surface area contributed by atoms with Crippen molar-refractivity contribution >= 4 is 5.91 Å². The summed E-state index contributed by atoms with van der Waals surface area (Å²) in [5, 5.41) is 3.08. The number of benzene rings is 2. The molecule has 2 aromatic carbocycles. The van der Waals surface area contributed by atoms with Crippen LogP contribution in [0.3, 0.4) is 0 Å². The summed E-state index contributed by atoms with van der Waals surface area (Å²) in [7, 11) is 0. The van der Waals surface area contributed by atoms with Gasteiger partial charge >= 0.3 is 0 Å². The van der Waals surface area contributed by atoms with Crippen molar-refractivity contribution in [2.75, 3.05) is 6.61 Å². The number of nitrogens with one attached hydrogen (secondary N) is 1. The van der Waals surface area contributed by atoms with Crippen molar-refractivity contribution in [2.45, 2.75) is 47.1 Å². The summed E-state index contributed by atoms with van der Waals surface area (Å²) >= 11 is 0. The van der Waals surface area contributed by atoms with Crippen LogP contribution in [0.5, 0.6) is 5.75 Å². The Morgan fingerprint density at radius 1 is 1.00 bits per heavy atom. The van der Waals surface area contributed by atoms with Gasteiger partial charge in [-0.15, -0.1) is 0 Å². The van der Waals surface area contributed by atoms with Crippen LogP contribution in [0, 0.1) is 27.7 Å². The number of carbonyl (C=O) groups is 1. The van der Waals surface area contributed by atoms with Crippen molar-refractivity contribution in [2.24, 2.45) is 0 Å². The summed E-state index contributed by atoms with van der Waals surface area (Å²) in [6, 6.07) is 12.3. The molecule has 1 atom stereocenters. The lowest BCUT2D eigenvalue weighted by molar-refractivity contribution is -0.123. The van der Waals surface area contributed by atoms with Crippen LogP contribution in [-0.2, 0) is 4.79 Å². The van der Waals surface area contributed by atoms with Gasteiger partial charge in [0.15, 0.2) is 6.61 Å². The summed E-state index contributed by atoms with van der Waals surface area (Å²) in [6.45, 7) is 10.3. The fourth-order valence-electron chi connectivity index (χ4n) is 3.02. The number of aryl methyl sites for hydroxylation is 4. The molecule has 0 radical (unpaired) electrons. The van der Waals surface area contributed by atoms with Gasteiger partial charge in [0.25, 0.3) is 5.91 Å². The highest BCUT2D eigenvalue weighted by atomic mass is 16.5. The van der Waals surface area contributed by atoms with Crippen LogP contribution in [0.25, 0.3) is 0 Å². The van der Waals surface area contributed by atoms with Crippen LogP contribution < -0.4 is 10.1 Å². The maximum absolute atomic E-state index is 12.3. The molecule has 0 aliphatic rings. The Morgan fingerprint density at radius 3 is 2.25 bits per heavy atom. The Hall–Kier alpha value is -2.29. The minimum atomic E-state index is -0.0963. The van der Waals surface area contributed by atoms with Crippen LogP contribution in [-0.4, -0.2) is 12.5 Å². The monoisotopic (exact) mass is 325 g/mol. The first-order chi connectivity index (χ1) is 11.4. The molecule has 0 fully saturated rings. The zero-order valence-electron chi connectivity index (χ0n) is 15.3. The Labute approximate surface area is 145 Å². The molecule has 0 saturated carbocycles. The molecule has 24 heavy (non-hydrogen) atoms. The van der Waals surface area contributed by atoms with E-state index in [1.165, 1.54) is 16.7 Å². The quantitative estimate of drug-likeness (QED) is 0.845. The molecule has 1 amide bonds. The van der Waals surface area contributed by atoms with E-state index < -0.39 is 0 Å². The average Bonchev–Trinajstić information content (AvgIpc) is 2.50. The standard InChI is InChI=1S/C21H27NO2/c1-6-20(19-8-7-14(2)10-17(19)5)22-21(23)13-24-18-11-15(3)9-16(4)12-18/h7-12,20H,6,13H2,1-5H3,(H,22,23)/t20-/m0/s1. The molecule has 0 spiro atoms. The van der Waals surface area contributed by atoms with Crippen molar-refractivity contribution in [3.63, 3.8) is 0 Å². The predicted octanol–water partition coefficient (Wildman–Crippen LogP) is 4.57. The van der Waals surface area contributed by atoms with Gasteiger partial charge in [-0.25, -0.2) is 0 Å². The molecule has 0 heterocycles. The van der Waals surface area contributed by atoms with Gasteiger partial charge in [-0.05, 0) is 68.5 Å². The second kappa shape index (κ2) is 8.00. The Bertz CT molecular complexity index is 702. The molecule has 0 bridgehead atoms. The first-order valence-corrected chi connectivity index (χ1v) is 8.46. The second-order valence-corrected chi connectivity index (χ2v) is 6.50. The molecule has 3 heteroatoms. The molecule has 0 saturated heterocycles. The van der Waals surface area contributed by atoms with Gasteiger partial charge in [-0.1, -0.05) is 36.8 Å². The van der Waals surface area contributed by atoms with Crippen LogP contribution in [0.2, 0.25) is 0 Å². The van der Waals surface area contributed by atoms with Crippen LogP contribution >= 0.6 is 0 Å². The third-order valence-electron chi connectivity index (χ3n) is 4.11. The predicted molar refractivity (Wildman–Crippen MR) is 98.5 cm³/mol. The smallest absolute Gasteiger partial charge is 0.258 e. The molecule has 2 aromatic rings. The highest BCUT2D eigenvalue weighted by Crippen LogP contribution is 2.22. The average molecular weight is 325 g/mol. The van der Waals surface area contributed by atoms with E-state index in [1.807, 2.05) is 26.0 Å².